The summed E-state index contributed by atoms with van der Waals surface area (Å²) < 4.78 is 0. The van der Waals surface area contributed by atoms with Crippen molar-refractivity contribution in [1.82, 2.24) is 10.3 Å². The summed E-state index contributed by atoms with van der Waals surface area (Å²) in [6.07, 6.45) is 0.892. The highest BCUT2D eigenvalue weighted by molar-refractivity contribution is 5.95. The summed E-state index contributed by atoms with van der Waals surface area (Å²) in [5.74, 6) is -0.281. The van der Waals surface area contributed by atoms with Crippen LogP contribution in [0.3, 0.4) is 0 Å². The lowest BCUT2D eigenvalue weighted by molar-refractivity contribution is 0.0783. The van der Waals surface area contributed by atoms with Crippen LogP contribution in [0.15, 0.2) is 103 Å². The number of benzene rings is 4. The van der Waals surface area contributed by atoms with Gasteiger partial charge in [-0.2, -0.15) is 0 Å². The summed E-state index contributed by atoms with van der Waals surface area (Å²) >= 11 is 0. The number of aliphatic hydroxyl groups excluding tert-OH is 1. The molecule has 0 saturated carbocycles. The zero-order valence-electron chi connectivity index (χ0n) is 21.7. The Morgan fingerprint density at radius 2 is 1.38 bits per heavy atom. The lowest BCUT2D eigenvalue weighted by Gasteiger charge is -2.13. The van der Waals surface area contributed by atoms with Gasteiger partial charge in [0.05, 0.1) is 5.69 Å². The normalized spacial score (nSPS) is 11.4. The molecule has 1 unspecified atom stereocenters. The number of carbonyl (C=O) groups excluding carboxylic acids is 1. The maximum atomic E-state index is 12.0. The molecule has 1 heterocycles. The van der Waals surface area contributed by atoms with Crippen molar-refractivity contribution in [2.75, 3.05) is 0 Å². The maximum absolute atomic E-state index is 12.0. The van der Waals surface area contributed by atoms with E-state index in [1.165, 1.54) is 27.5 Å². The Labute approximate surface area is 218 Å². The number of nitrogens with one attached hydrogen (secondary N) is 1. The molecule has 0 spiro atoms. The van der Waals surface area contributed by atoms with Gasteiger partial charge in [0.15, 0.2) is 6.23 Å². The van der Waals surface area contributed by atoms with Crippen molar-refractivity contribution >= 4 is 16.7 Å². The number of aryl methyl sites for hydroxylation is 4. The number of amides is 1. The molecule has 4 aromatic carbocycles. The van der Waals surface area contributed by atoms with E-state index in [0.717, 1.165) is 16.8 Å². The van der Waals surface area contributed by atoms with Crippen LogP contribution in [-0.2, 0) is 0 Å². The molecule has 0 fully saturated rings. The SMILES string of the molecule is Cc1ccc(C(O)NC(=O)c2cccc(C)c2)cc1.Cc1cccc(-c2nccc3ccc(C)cc23)c1. The third-order valence-corrected chi connectivity index (χ3v) is 6.15. The Kier molecular flexibility index (Phi) is 8.11. The van der Waals surface area contributed by atoms with E-state index in [9.17, 15) is 9.90 Å². The summed E-state index contributed by atoms with van der Waals surface area (Å²) in [6.45, 7) is 8.13. The van der Waals surface area contributed by atoms with Crippen molar-refractivity contribution in [3.63, 3.8) is 0 Å². The number of carbonyl (C=O) groups is 1. The molecule has 0 saturated heterocycles. The van der Waals surface area contributed by atoms with Crippen molar-refractivity contribution in [1.29, 1.82) is 0 Å². The molecule has 4 heteroatoms. The second-order valence-electron chi connectivity index (χ2n) is 9.41. The van der Waals surface area contributed by atoms with Crippen LogP contribution in [0.1, 0.15) is 44.4 Å². The van der Waals surface area contributed by atoms with Gasteiger partial charge >= 0.3 is 0 Å². The van der Waals surface area contributed by atoms with Crippen molar-refractivity contribution in [3.8, 4) is 11.3 Å². The molecule has 0 aliphatic carbocycles. The highest BCUT2D eigenvalue weighted by atomic mass is 16.3. The van der Waals surface area contributed by atoms with Gasteiger partial charge in [0, 0.05) is 28.3 Å². The van der Waals surface area contributed by atoms with Gasteiger partial charge in [-0.25, -0.2) is 0 Å². The molecule has 186 valence electrons. The minimum Gasteiger partial charge on any atom is -0.369 e. The van der Waals surface area contributed by atoms with E-state index >= 15 is 0 Å². The zero-order chi connectivity index (χ0) is 26.4. The van der Waals surface area contributed by atoms with E-state index in [-0.39, 0.29) is 5.91 Å². The van der Waals surface area contributed by atoms with Gasteiger partial charge in [0.2, 0.25) is 0 Å². The highest BCUT2D eigenvalue weighted by Crippen LogP contribution is 2.27. The zero-order valence-corrected chi connectivity index (χ0v) is 21.7. The second kappa shape index (κ2) is 11.6. The molecule has 4 nitrogen and oxygen atoms in total. The first-order chi connectivity index (χ1) is 17.8. The van der Waals surface area contributed by atoms with Crippen LogP contribution in [0, 0.1) is 27.7 Å². The van der Waals surface area contributed by atoms with Gasteiger partial charge in [-0.05, 0) is 63.4 Å². The molecular formula is C33H32N2O2. The van der Waals surface area contributed by atoms with Gasteiger partial charge < -0.3 is 10.4 Å². The Balaban J connectivity index is 0.000000173. The molecule has 5 aromatic rings. The van der Waals surface area contributed by atoms with E-state index in [0.29, 0.717) is 11.1 Å². The predicted molar refractivity (Wildman–Crippen MR) is 151 cm³/mol. The summed E-state index contributed by atoms with van der Waals surface area (Å²) in [5.41, 5.74) is 8.13. The molecular weight excluding hydrogens is 456 g/mol. The molecule has 2 N–H and O–H groups in total. The number of aliphatic hydroxyl groups is 1. The van der Waals surface area contributed by atoms with Crippen LogP contribution in [0.2, 0.25) is 0 Å². The number of rotatable bonds is 4. The number of fused-ring (bicyclic) bond motifs is 1. The first-order valence-corrected chi connectivity index (χ1v) is 12.3. The van der Waals surface area contributed by atoms with Crippen molar-refractivity contribution < 1.29 is 9.90 Å². The average Bonchev–Trinajstić information content (AvgIpc) is 2.89. The quantitative estimate of drug-likeness (QED) is 0.262. The summed E-state index contributed by atoms with van der Waals surface area (Å²) in [5, 5.41) is 15.0. The molecule has 0 radical (unpaired) electrons. The van der Waals surface area contributed by atoms with Crippen LogP contribution >= 0.6 is 0 Å². The fourth-order valence-electron chi connectivity index (χ4n) is 4.13. The molecule has 5 rings (SSSR count). The monoisotopic (exact) mass is 488 g/mol. The Bertz CT molecular complexity index is 1520. The smallest absolute Gasteiger partial charge is 0.253 e. The van der Waals surface area contributed by atoms with Crippen LogP contribution in [0.4, 0.5) is 0 Å². The number of hydrogen-bond acceptors (Lipinski definition) is 3. The van der Waals surface area contributed by atoms with Crippen molar-refractivity contribution in [2.24, 2.45) is 0 Å². The Morgan fingerprint density at radius 1 is 0.730 bits per heavy atom. The lowest BCUT2D eigenvalue weighted by Crippen LogP contribution is -2.28. The third kappa shape index (κ3) is 6.69. The molecule has 0 bridgehead atoms. The molecule has 1 aromatic heterocycles. The Hall–Kier alpha value is -4.28. The molecule has 1 atom stereocenters. The van der Waals surface area contributed by atoms with Gasteiger partial charge in [-0.15, -0.1) is 0 Å². The van der Waals surface area contributed by atoms with Gasteiger partial charge in [0.1, 0.15) is 0 Å². The van der Waals surface area contributed by atoms with Crippen LogP contribution < -0.4 is 5.32 Å². The lowest BCUT2D eigenvalue weighted by atomic mass is 10.0. The first kappa shape index (κ1) is 25.8. The third-order valence-electron chi connectivity index (χ3n) is 6.15. The van der Waals surface area contributed by atoms with Gasteiger partial charge in [-0.1, -0.05) is 89.0 Å². The largest absolute Gasteiger partial charge is 0.369 e. The van der Waals surface area contributed by atoms with Crippen molar-refractivity contribution in [3.05, 3.63) is 137 Å². The topological polar surface area (TPSA) is 62.2 Å². The molecule has 37 heavy (non-hydrogen) atoms. The second-order valence-corrected chi connectivity index (χ2v) is 9.41. The number of nitrogens with zero attached hydrogens (tertiary/aromatic N) is 1. The fourth-order valence-corrected chi connectivity index (χ4v) is 4.13. The number of aromatic nitrogens is 1. The van der Waals surface area contributed by atoms with E-state index in [1.807, 2.05) is 44.3 Å². The summed E-state index contributed by atoms with van der Waals surface area (Å²) in [4.78, 5) is 16.5. The molecule has 1 amide bonds. The van der Waals surface area contributed by atoms with Crippen LogP contribution in [0.25, 0.3) is 22.0 Å². The minimum atomic E-state index is -0.992. The van der Waals surface area contributed by atoms with E-state index in [4.69, 9.17) is 0 Å². The minimum absolute atomic E-state index is 0.281. The molecule has 0 aliphatic rings. The van der Waals surface area contributed by atoms with E-state index < -0.39 is 6.23 Å². The summed E-state index contributed by atoms with van der Waals surface area (Å²) in [6, 6.07) is 31.7. The average molecular weight is 489 g/mol. The molecule has 0 aliphatic heterocycles. The standard InChI is InChI=1S/C17H15N.C16H17NO2/c1-12-4-3-5-15(10-12)17-16-11-13(2)6-7-14(16)8-9-18-17;1-11-6-8-13(9-7-11)15(18)17-16(19)14-5-3-4-12(2)10-14/h3-11H,1-2H3;3-10,15,18H,1-2H3,(H,17,19). The summed E-state index contributed by atoms with van der Waals surface area (Å²) in [7, 11) is 0. The fraction of sp³-hybridized carbons (Fsp3) is 0.152. The van der Waals surface area contributed by atoms with Gasteiger partial charge in [0.25, 0.3) is 5.91 Å². The van der Waals surface area contributed by atoms with Gasteiger partial charge in [-0.3, -0.25) is 9.78 Å². The maximum Gasteiger partial charge on any atom is 0.253 e. The highest BCUT2D eigenvalue weighted by Gasteiger charge is 2.12. The van der Waals surface area contributed by atoms with Crippen LogP contribution in [-0.4, -0.2) is 16.0 Å². The van der Waals surface area contributed by atoms with E-state index in [1.54, 1.807) is 24.3 Å². The first-order valence-electron chi connectivity index (χ1n) is 12.3. The van der Waals surface area contributed by atoms with Crippen molar-refractivity contribution in [2.45, 2.75) is 33.9 Å². The number of pyridine rings is 1. The number of hydrogen-bond donors (Lipinski definition) is 2. The van der Waals surface area contributed by atoms with E-state index in [2.05, 4.69) is 72.7 Å². The van der Waals surface area contributed by atoms with Crippen LogP contribution in [0.5, 0.6) is 0 Å². The Morgan fingerprint density at radius 3 is 2.08 bits per heavy atom. The predicted octanol–water partition coefficient (Wildman–Crippen LogP) is 7.24.